The molecule has 0 spiro atoms. The van der Waals surface area contributed by atoms with Gasteiger partial charge < -0.3 is 4.74 Å². The third-order valence-electron chi connectivity index (χ3n) is 2.52. The molecule has 0 saturated heterocycles. The maximum Gasteiger partial charge on any atom is 0.332 e. The molecule has 0 N–H and O–H groups in total. The Morgan fingerprint density at radius 3 is 2.88 bits per heavy atom. The Labute approximate surface area is 104 Å². The molecule has 1 aromatic carbocycles. The number of benzene rings is 1. The van der Waals surface area contributed by atoms with Crippen molar-refractivity contribution < 1.29 is 14.3 Å². The van der Waals surface area contributed by atoms with E-state index in [-0.39, 0.29) is 12.4 Å². The van der Waals surface area contributed by atoms with Crippen LogP contribution in [0.4, 0.5) is 0 Å². The van der Waals surface area contributed by atoms with E-state index in [1.165, 1.54) is 11.9 Å². The molecule has 1 aliphatic heterocycles. The Balaban J connectivity index is 2.33. The first-order valence-electron chi connectivity index (χ1n) is 5.35. The highest BCUT2D eigenvalue weighted by Gasteiger charge is 2.38. The summed E-state index contributed by atoms with van der Waals surface area (Å²) in [5.41, 5.74) is 0.591. The molecule has 1 aliphatic rings. The molecule has 0 aromatic heterocycles. The van der Waals surface area contributed by atoms with Crippen molar-refractivity contribution in [1.29, 1.82) is 0 Å². The van der Waals surface area contributed by atoms with Crippen LogP contribution in [0.5, 0.6) is 0 Å². The van der Waals surface area contributed by atoms with E-state index >= 15 is 0 Å². The summed E-state index contributed by atoms with van der Waals surface area (Å²) in [6.07, 6.45) is 0. The van der Waals surface area contributed by atoms with Crippen LogP contribution in [0.15, 0.2) is 29.2 Å². The van der Waals surface area contributed by atoms with Crippen LogP contribution in [-0.4, -0.2) is 35.8 Å². The van der Waals surface area contributed by atoms with Gasteiger partial charge in [-0.2, -0.15) is 0 Å². The molecule has 1 atom stereocenters. The zero-order chi connectivity index (χ0) is 12.4. The van der Waals surface area contributed by atoms with Crippen LogP contribution in [-0.2, 0) is 9.53 Å². The van der Waals surface area contributed by atoms with Crippen LogP contribution in [0.3, 0.4) is 0 Å². The van der Waals surface area contributed by atoms with Gasteiger partial charge in [-0.1, -0.05) is 18.2 Å². The monoisotopic (exact) mass is 251 g/mol. The minimum Gasteiger partial charge on any atom is -0.464 e. The molecule has 0 fully saturated rings. The van der Waals surface area contributed by atoms with Crippen molar-refractivity contribution in [2.45, 2.75) is 17.9 Å². The molecule has 0 saturated carbocycles. The summed E-state index contributed by atoms with van der Waals surface area (Å²) in [4.78, 5) is 24.8. The van der Waals surface area contributed by atoms with E-state index in [9.17, 15) is 9.59 Å². The molecule has 2 rings (SSSR count). The van der Waals surface area contributed by atoms with E-state index in [1.807, 2.05) is 12.1 Å². The molecule has 4 nitrogen and oxygen atoms in total. The minimum atomic E-state index is -0.838. The molecular formula is C12H13NO3S. The van der Waals surface area contributed by atoms with Crippen molar-refractivity contribution in [2.24, 2.45) is 0 Å². The summed E-state index contributed by atoms with van der Waals surface area (Å²) >= 11 is 1.39. The van der Waals surface area contributed by atoms with Gasteiger partial charge in [0.15, 0.2) is 11.8 Å². The first-order valence-corrected chi connectivity index (χ1v) is 6.13. The van der Waals surface area contributed by atoms with Crippen LogP contribution >= 0.6 is 11.9 Å². The summed E-state index contributed by atoms with van der Waals surface area (Å²) in [5.74, 6) is -0.678. The Kier molecular flexibility index (Phi) is 3.49. The van der Waals surface area contributed by atoms with Gasteiger partial charge in [-0.25, -0.2) is 9.10 Å². The summed E-state index contributed by atoms with van der Waals surface area (Å²) in [5, 5.41) is 0. The molecule has 0 radical (unpaired) electrons. The number of fused-ring (bicyclic) bond motifs is 1. The second-order valence-corrected chi connectivity index (χ2v) is 4.85. The fraction of sp³-hybridized carbons (Fsp3) is 0.333. The summed E-state index contributed by atoms with van der Waals surface area (Å²) in [7, 11) is 1.72. The van der Waals surface area contributed by atoms with E-state index in [0.29, 0.717) is 5.56 Å². The lowest BCUT2D eigenvalue weighted by atomic mass is 10.0. The first-order chi connectivity index (χ1) is 8.15. The third-order valence-corrected chi connectivity index (χ3v) is 3.57. The van der Waals surface area contributed by atoms with Gasteiger partial charge in [0.05, 0.1) is 6.61 Å². The second-order valence-electron chi connectivity index (χ2n) is 3.65. The maximum atomic E-state index is 12.2. The minimum absolute atomic E-state index is 0.194. The standard InChI is InChI=1S/C12H13NO3S/c1-3-16-12(15)10-11(14)8-6-4-5-7-9(8)17-13(10)2/h4-7,10H,3H2,1-2H3. The van der Waals surface area contributed by atoms with Gasteiger partial charge in [-0.15, -0.1) is 0 Å². The number of hydrogen-bond acceptors (Lipinski definition) is 5. The average molecular weight is 251 g/mol. The Morgan fingerprint density at radius 1 is 1.47 bits per heavy atom. The van der Waals surface area contributed by atoms with Crippen LogP contribution < -0.4 is 0 Å². The fourth-order valence-corrected chi connectivity index (χ4v) is 2.75. The highest BCUT2D eigenvalue weighted by atomic mass is 32.2. The van der Waals surface area contributed by atoms with Crippen molar-refractivity contribution in [2.75, 3.05) is 13.7 Å². The number of rotatable bonds is 2. The molecule has 0 aliphatic carbocycles. The summed E-state index contributed by atoms with van der Waals surface area (Å²) in [6.45, 7) is 2.01. The fourth-order valence-electron chi connectivity index (χ4n) is 1.75. The number of esters is 1. The molecule has 1 heterocycles. The lowest BCUT2D eigenvalue weighted by molar-refractivity contribution is -0.145. The van der Waals surface area contributed by atoms with Crippen LogP contribution in [0.25, 0.3) is 0 Å². The highest BCUT2D eigenvalue weighted by Crippen LogP contribution is 2.33. The van der Waals surface area contributed by atoms with Crippen molar-refractivity contribution in [3.63, 3.8) is 0 Å². The smallest absolute Gasteiger partial charge is 0.332 e. The molecule has 17 heavy (non-hydrogen) atoms. The summed E-state index contributed by atoms with van der Waals surface area (Å²) in [6, 6.07) is 6.44. The molecule has 0 amide bonds. The summed E-state index contributed by atoms with van der Waals surface area (Å²) < 4.78 is 6.56. The number of hydrogen-bond donors (Lipinski definition) is 0. The van der Waals surface area contributed by atoms with Gasteiger partial charge in [0.1, 0.15) is 0 Å². The van der Waals surface area contributed by atoms with Crippen LogP contribution in [0.1, 0.15) is 17.3 Å². The number of carbonyl (C=O) groups excluding carboxylic acids is 2. The van der Waals surface area contributed by atoms with Gasteiger partial charge >= 0.3 is 5.97 Å². The highest BCUT2D eigenvalue weighted by molar-refractivity contribution is 7.97. The molecular weight excluding hydrogens is 238 g/mol. The average Bonchev–Trinajstić information content (AvgIpc) is 2.29. The van der Waals surface area contributed by atoms with Crippen LogP contribution in [0, 0.1) is 0 Å². The predicted molar refractivity (Wildman–Crippen MR) is 64.8 cm³/mol. The Hall–Kier alpha value is -1.33. The number of ether oxygens (including phenoxy) is 1. The molecule has 1 aromatic rings. The SMILES string of the molecule is CCOC(=O)C1C(=O)c2ccccc2SN1C. The number of ketones is 1. The van der Waals surface area contributed by atoms with E-state index in [4.69, 9.17) is 4.74 Å². The van der Waals surface area contributed by atoms with E-state index in [1.54, 1.807) is 30.4 Å². The zero-order valence-corrected chi connectivity index (χ0v) is 10.5. The quantitative estimate of drug-likeness (QED) is 0.455. The van der Waals surface area contributed by atoms with Gasteiger partial charge in [0.25, 0.3) is 0 Å². The molecule has 5 heteroatoms. The third kappa shape index (κ3) is 2.21. The Bertz CT molecular complexity index is 461. The molecule has 0 bridgehead atoms. The van der Waals surface area contributed by atoms with Gasteiger partial charge in [-0.05, 0) is 32.0 Å². The lowest BCUT2D eigenvalue weighted by Gasteiger charge is -2.29. The number of Topliss-reactive ketones (excluding diaryl/α,β-unsaturated/α-hetero) is 1. The topological polar surface area (TPSA) is 46.6 Å². The second kappa shape index (κ2) is 4.89. The maximum absolute atomic E-state index is 12.2. The predicted octanol–water partition coefficient (Wildman–Crippen LogP) is 1.75. The number of likely N-dealkylation sites (N-methyl/N-ethyl adjacent to an activating group) is 1. The Morgan fingerprint density at radius 2 is 2.18 bits per heavy atom. The van der Waals surface area contributed by atoms with E-state index < -0.39 is 12.0 Å². The molecule has 90 valence electrons. The van der Waals surface area contributed by atoms with Crippen molar-refractivity contribution >= 4 is 23.7 Å². The van der Waals surface area contributed by atoms with Crippen molar-refractivity contribution in [3.05, 3.63) is 29.8 Å². The van der Waals surface area contributed by atoms with Crippen molar-refractivity contribution in [1.82, 2.24) is 4.31 Å². The number of carbonyl (C=O) groups is 2. The lowest BCUT2D eigenvalue weighted by Crippen LogP contribution is -2.44. The first kappa shape index (κ1) is 12.1. The largest absolute Gasteiger partial charge is 0.464 e. The van der Waals surface area contributed by atoms with Gasteiger partial charge in [-0.3, -0.25) is 4.79 Å². The molecule has 1 unspecified atom stereocenters. The zero-order valence-electron chi connectivity index (χ0n) is 9.67. The van der Waals surface area contributed by atoms with Gasteiger partial charge in [0.2, 0.25) is 0 Å². The van der Waals surface area contributed by atoms with Crippen molar-refractivity contribution in [3.8, 4) is 0 Å². The van der Waals surface area contributed by atoms with Crippen LogP contribution in [0.2, 0.25) is 0 Å². The van der Waals surface area contributed by atoms with E-state index in [2.05, 4.69) is 0 Å². The normalized spacial score (nSPS) is 19.9. The van der Waals surface area contributed by atoms with E-state index in [0.717, 1.165) is 4.90 Å². The van der Waals surface area contributed by atoms with Gasteiger partial charge in [0, 0.05) is 10.5 Å². The number of nitrogens with zero attached hydrogens (tertiary/aromatic N) is 1.